The number of ketones is 2. The van der Waals surface area contributed by atoms with Gasteiger partial charge < -0.3 is 9.94 Å². The van der Waals surface area contributed by atoms with Crippen molar-refractivity contribution in [1.29, 1.82) is 0 Å². The summed E-state index contributed by atoms with van der Waals surface area (Å²) in [6, 6.07) is 0. The lowest BCUT2D eigenvalue weighted by Gasteiger charge is -2.26. The minimum Gasteiger partial charge on any atom is -0.390 e. The maximum absolute atomic E-state index is 12.8. The Morgan fingerprint density at radius 1 is 0.714 bits per heavy atom. The van der Waals surface area contributed by atoms with Gasteiger partial charge >= 0.3 is 0 Å². The van der Waals surface area contributed by atoms with Crippen molar-refractivity contribution in [3.8, 4) is 0 Å². The number of allylic oxidation sites excluding steroid dienone is 3. The second-order valence-corrected chi connectivity index (χ2v) is 10.6. The molecule has 1 N–H and O–H groups in total. The first-order valence-electron chi connectivity index (χ1n) is 13.9. The molecule has 0 aromatic rings. The molecule has 1 aliphatic carbocycles. The zero-order chi connectivity index (χ0) is 26.1. The van der Waals surface area contributed by atoms with Crippen molar-refractivity contribution < 1.29 is 19.5 Å². The van der Waals surface area contributed by atoms with Crippen molar-refractivity contribution in [2.45, 2.75) is 142 Å². The molecule has 1 atom stereocenters. The normalized spacial score (nSPS) is 16.1. The predicted molar refractivity (Wildman–Crippen MR) is 142 cm³/mol. The third-order valence-corrected chi connectivity index (χ3v) is 7.40. The first-order valence-corrected chi connectivity index (χ1v) is 13.9. The smallest absolute Gasteiger partial charge is 0.189 e. The summed E-state index contributed by atoms with van der Waals surface area (Å²) in [5.41, 5.74) is 0.400. The highest BCUT2D eigenvalue weighted by atomic mass is 16.7. The molecule has 0 aromatic heterocycles. The van der Waals surface area contributed by atoms with Gasteiger partial charge in [0.25, 0.3) is 0 Å². The first-order chi connectivity index (χ1) is 16.7. The number of carbonyl (C=O) groups is 2. The second kappa shape index (κ2) is 17.6. The van der Waals surface area contributed by atoms with Gasteiger partial charge in [0, 0.05) is 22.3 Å². The van der Waals surface area contributed by atoms with E-state index in [-0.39, 0.29) is 30.2 Å². The van der Waals surface area contributed by atoms with Gasteiger partial charge in [0.2, 0.25) is 0 Å². The highest BCUT2D eigenvalue weighted by Crippen LogP contribution is 2.31. The van der Waals surface area contributed by atoms with Gasteiger partial charge in [-0.1, -0.05) is 96.8 Å². The summed E-state index contributed by atoms with van der Waals surface area (Å²) in [5.74, 6) is -0.494. The molecule has 0 saturated heterocycles. The molecule has 0 radical (unpaired) electrons. The van der Waals surface area contributed by atoms with Crippen LogP contribution < -0.4 is 0 Å². The van der Waals surface area contributed by atoms with Crippen molar-refractivity contribution in [1.82, 2.24) is 0 Å². The summed E-state index contributed by atoms with van der Waals surface area (Å²) in [7, 11) is 0. The van der Waals surface area contributed by atoms with E-state index in [4.69, 9.17) is 0 Å². The van der Waals surface area contributed by atoms with E-state index < -0.39 is 5.60 Å². The minimum atomic E-state index is -0.910. The van der Waals surface area contributed by atoms with Crippen LogP contribution in [0.25, 0.3) is 0 Å². The van der Waals surface area contributed by atoms with E-state index in [0.29, 0.717) is 29.6 Å². The second-order valence-electron chi connectivity index (χ2n) is 10.6. The molecule has 0 spiro atoms. The number of hydrogen-bond donors (Lipinski definition) is 1. The van der Waals surface area contributed by atoms with Gasteiger partial charge in [-0.3, -0.25) is 9.59 Å². The molecule has 0 aromatic carbocycles. The Morgan fingerprint density at radius 2 is 1.14 bits per heavy atom. The molecule has 0 fully saturated rings. The van der Waals surface area contributed by atoms with Gasteiger partial charge in [-0.2, -0.15) is 0 Å². The Bertz CT molecular complexity index is 735. The summed E-state index contributed by atoms with van der Waals surface area (Å²) in [4.78, 5) is 40.3. The SMILES string of the molecule is CCCCCCCCCCCCCCCCC(C)(O)CCC1=C(CON=O)C(=O)C(C)=C(C)C1=O. The fraction of sp³-hybridized carbons (Fsp3) is 0.793. The molecule has 0 amide bonds. The molecule has 0 saturated carbocycles. The van der Waals surface area contributed by atoms with E-state index in [1.54, 1.807) is 20.8 Å². The number of unbranched alkanes of at least 4 members (excludes halogenated alkanes) is 13. The lowest BCUT2D eigenvalue weighted by Crippen LogP contribution is -2.28. The first kappa shape index (κ1) is 31.2. The average molecular weight is 492 g/mol. The van der Waals surface area contributed by atoms with Crippen LogP contribution >= 0.6 is 0 Å². The highest BCUT2D eigenvalue weighted by molar-refractivity contribution is 6.24. The molecular weight excluding hydrogens is 442 g/mol. The van der Waals surface area contributed by atoms with Crippen molar-refractivity contribution in [3.63, 3.8) is 0 Å². The fourth-order valence-corrected chi connectivity index (χ4v) is 4.79. The predicted octanol–water partition coefficient (Wildman–Crippen LogP) is 7.87. The van der Waals surface area contributed by atoms with Crippen molar-refractivity contribution in [2.75, 3.05) is 6.61 Å². The monoisotopic (exact) mass is 491 g/mol. The molecular formula is C29H49NO5. The van der Waals surface area contributed by atoms with Crippen LogP contribution in [0.15, 0.2) is 27.6 Å². The summed E-state index contributed by atoms with van der Waals surface area (Å²) in [6.45, 7) is 6.98. The van der Waals surface area contributed by atoms with Crippen molar-refractivity contribution in [2.24, 2.45) is 5.34 Å². The molecule has 200 valence electrons. The molecule has 1 rings (SSSR count). The van der Waals surface area contributed by atoms with Gasteiger partial charge in [-0.25, -0.2) is 0 Å². The summed E-state index contributed by atoms with van der Waals surface area (Å²) in [5, 5.41) is 13.2. The van der Waals surface area contributed by atoms with Crippen LogP contribution in [0.3, 0.4) is 0 Å². The van der Waals surface area contributed by atoms with Gasteiger partial charge in [0.15, 0.2) is 16.9 Å². The molecule has 0 heterocycles. The van der Waals surface area contributed by atoms with Crippen molar-refractivity contribution in [3.05, 3.63) is 27.2 Å². The van der Waals surface area contributed by atoms with E-state index >= 15 is 0 Å². The Kier molecular flexibility index (Phi) is 15.7. The molecule has 0 aliphatic heterocycles. The standard InChI is InChI=1S/C29H49NO5/c1-5-6-7-8-9-10-11-12-13-14-15-16-17-18-20-29(4,33)21-19-25-26(22-35-30-34)28(32)24(3)23(2)27(25)31/h33H,5-22H2,1-4H3. The van der Waals surface area contributed by atoms with Crippen LogP contribution in [-0.4, -0.2) is 28.9 Å². The largest absolute Gasteiger partial charge is 0.390 e. The number of nitrogens with zero attached hydrogens (tertiary/aromatic N) is 1. The third kappa shape index (κ3) is 12.1. The summed E-state index contributed by atoms with van der Waals surface area (Å²) < 4.78 is 0. The molecule has 0 bridgehead atoms. The van der Waals surface area contributed by atoms with E-state index in [1.807, 2.05) is 0 Å². The van der Waals surface area contributed by atoms with Gasteiger partial charge in [-0.05, 0) is 40.0 Å². The topological polar surface area (TPSA) is 93.0 Å². The van der Waals surface area contributed by atoms with E-state index in [0.717, 1.165) is 12.8 Å². The summed E-state index contributed by atoms with van der Waals surface area (Å²) >= 11 is 0. The number of rotatable bonds is 21. The van der Waals surface area contributed by atoms with Crippen LogP contribution in [0, 0.1) is 4.91 Å². The Balaban J connectivity index is 2.26. The van der Waals surface area contributed by atoms with Crippen LogP contribution in [0.4, 0.5) is 0 Å². The number of Topliss-reactive ketones (excluding diaryl/α,β-unsaturated/α-hetero) is 2. The summed E-state index contributed by atoms with van der Waals surface area (Å²) in [6.07, 6.45) is 19.4. The zero-order valence-electron chi connectivity index (χ0n) is 22.8. The Morgan fingerprint density at radius 3 is 1.60 bits per heavy atom. The van der Waals surface area contributed by atoms with Crippen LogP contribution in [0.5, 0.6) is 0 Å². The van der Waals surface area contributed by atoms with E-state index in [1.165, 1.54) is 77.0 Å². The fourth-order valence-electron chi connectivity index (χ4n) is 4.79. The molecule has 6 heteroatoms. The van der Waals surface area contributed by atoms with Crippen LogP contribution in [-0.2, 0) is 14.4 Å². The maximum atomic E-state index is 12.8. The van der Waals surface area contributed by atoms with Gasteiger partial charge in [0.05, 0.1) is 5.60 Å². The highest BCUT2D eigenvalue weighted by Gasteiger charge is 2.32. The van der Waals surface area contributed by atoms with Crippen LogP contribution in [0.1, 0.15) is 137 Å². The molecule has 1 unspecified atom stereocenters. The van der Waals surface area contributed by atoms with Crippen LogP contribution in [0.2, 0.25) is 0 Å². The van der Waals surface area contributed by atoms with E-state index in [2.05, 4.69) is 17.1 Å². The van der Waals surface area contributed by atoms with Gasteiger partial charge in [0.1, 0.15) is 6.61 Å². The molecule has 1 aliphatic rings. The maximum Gasteiger partial charge on any atom is 0.189 e. The average Bonchev–Trinajstić information content (AvgIpc) is 2.83. The van der Waals surface area contributed by atoms with Gasteiger partial charge in [-0.15, -0.1) is 4.91 Å². The quantitative estimate of drug-likeness (QED) is 0.0763. The molecule has 6 nitrogen and oxygen atoms in total. The molecule has 35 heavy (non-hydrogen) atoms. The number of hydrogen-bond acceptors (Lipinski definition) is 6. The zero-order valence-corrected chi connectivity index (χ0v) is 22.8. The van der Waals surface area contributed by atoms with Crippen molar-refractivity contribution >= 4 is 11.6 Å². The lowest BCUT2D eigenvalue weighted by molar-refractivity contribution is -0.117. The number of carbonyl (C=O) groups excluding carboxylic acids is 2. The minimum absolute atomic E-state index is 0.185. The third-order valence-electron chi connectivity index (χ3n) is 7.40. The van der Waals surface area contributed by atoms with E-state index in [9.17, 15) is 19.6 Å². The number of aliphatic hydroxyl groups is 1. The Hall–Kier alpha value is -1.82. The lowest BCUT2D eigenvalue weighted by atomic mass is 9.81. The Labute approximate surface area is 212 Å².